The SMILES string of the molecule is C#CN(CCCOc1cc2ncnc(Nc3cc(CC(=O)Nc4cccc(F)c4)[nH]n3)c2cc1OC)CC(C)C. The van der Waals surface area contributed by atoms with Gasteiger partial charge in [-0.15, -0.1) is 0 Å². The second kappa shape index (κ2) is 13.3. The molecule has 2 heterocycles. The number of fused-ring (bicyclic) bond motifs is 1. The van der Waals surface area contributed by atoms with Crippen molar-refractivity contribution in [1.29, 1.82) is 0 Å². The third kappa shape index (κ3) is 7.60. The summed E-state index contributed by atoms with van der Waals surface area (Å²) in [4.78, 5) is 23.1. The van der Waals surface area contributed by atoms with Crippen LogP contribution in [0.3, 0.4) is 0 Å². The van der Waals surface area contributed by atoms with Gasteiger partial charge in [-0.2, -0.15) is 5.10 Å². The van der Waals surface area contributed by atoms with Crippen molar-refractivity contribution < 1.29 is 18.7 Å². The molecule has 10 nitrogen and oxygen atoms in total. The summed E-state index contributed by atoms with van der Waals surface area (Å²) in [6, 6.07) is 13.7. The van der Waals surface area contributed by atoms with Crippen LogP contribution in [0.4, 0.5) is 21.7 Å². The molecule has 0 aliphatic carbocycles. The smallest absolute Gasteiger partial charge is 0.230 e. The maximum Gasteiger partial charge on any atom is 0.230 e. The monoisotopic (exact) mass is 545 g/mol. The van der Waals surface area contributed by atoms with E-state index in [1.165, 1.54) is 24.5 Å². The first-order chi connectivity index (χ1) is 19.3. The topological polar surface area (TPSA) is 117 Å². The van der Waals surface area contributed by atoms with E-state index < -0.39 is 5.82 Å². The van der Waals surface area contributed by atoms with E-state index in [1.54, 1.807) is 31.4 Å². The summed E-state index contributed by atoms with van der Waals surface area (Å²) >= 11 is 0. The lowest BCUT2D eigenvalue weighted by Crippen LogP contribution is -2.25. The lowest BCUT2D eigenvalue weighted by atomic mass is 10.2. The fourth-order valence-corrected chi connectivity index (χ4v) is 4.10. The summed E-state index contributed by atoms with van der Waals surface area (Å²) in [5, 5.41) is 13.6. The van der Waals surface area contributed by atoms with Gasteiger partial charge in [0.05, 0.1) is 25.7 Å². The van der Waals surface area contributed by atoms with Crippen molar-refractivity contribution in [3.8, 4) is 24.0 Å². The van der Waals surface area contributed by atoms with Gasteiger partial charge >= 0.3 is 0 Å². The number of hydrogen-bond donors (Lipinski definition) is 3. The molecule has 0 unspecified atom stereocenters. The van der Waals surface area contributed by atoms with E-state index in [1.807, 2.05) is 4.90 Å². The first-order valence-electron chi connectivity index (χ1n) is 12.9. The third-order valence-electron chi connectivity index (χ3n) is 5.86. The Kier molecular flexibility index (Phi) is 9.35. The van der Waals surface area contributed by atoms with E-state index in [0.29, 0.717) is 57.9 Å². The highest BCUT2D eigenvalue weighted by molar-refractivity contribution is 5.93. The number of ether oxygens (including phenoxy) is 2. The van der Waals surface area contributed by atoms with Crippen molar-refractivity contribution in [3.63, 3.8) is 0 Å². The summed E-state index contributed by atoms with van der Waals surface area (Å²) in [7, 11) is 1.57. The third-order valence-corrected chi connectivity index (χ3v) is 5.86. The Bertz CT molecular complexity index is 1500. The van der Waals surface area contributed by atoms with E-state index >= 15 is 0 Å². The molecule has 208 valence electrons. The van der Waals surface area contributed by atoms with Gasteiger partial charge in [-0.05, 0) is 36.6 Å². The molecule has 2 aromatic carbocycles. The van der Waals surface area contributed by atoms with Crippen molar-refractivity contribution in [1.82, 2.24) is 25.1 Å². The average molecular weight is 546 g/mol. The first kappa shape index (κ1) is 28.2. The maximum atomic E-state index is 13.4. The lowest BCUT2D eigenvalue weighted by Gasteiger charge is -2.20. The minimum absolute atomic E-state index is 0.0286. The zero-order valence-electron chi connectivity index (χ0n) is 22.7. The Hall–Kier alpha value is -4.85. The van der Waals surface area contributed by atoms with Crippen LogP contribution in [0.25, 0.3) is 10.9 Å². The molecule has 0 bridgehead atoms. The second-order valence-electron chi connectivity index (χ2n) is 9.55. The molecule has 4 rings (SSSR count). The predicted octanol–water partition coefficient (Wildman–Crippen LogP) is 4.74. The number of terminal acetylenes is 1. The van der Waals surface area contributed by atoms with Crippen molar-refractivity contribution in [3.05, 3.63) is 60.3 Å². The second-order valence-corrected chi connectivity index (χ2v) is 9.55. The van der Waals surface area contributed by atoms with E-state index in [-0.39, 0.29) is 12.3 Å². The number of carbonyl (C=O) groups is 1. The van der Waals surface area contributed by atoms with E-state index in [2.05, 4.69) is 50.7 Å². The van der Waals surface area contributed by atoms with Gasteiger partial charge in [0.2, 0.25) is 5.91 Å². The number of carbonyl (C=O) groups excluding carboxylic acids is 1. The summed E-state index contributed by atoms with van der Waals surface area (Å²) < 4.78 is 25.0. The lowest BCUT2D eigenvalue weighted by molar-refractivity contribution is -0.115. The summed E-state index contributed by atoms with van der Waals surface area (Å²) in [6.45, 7) is 6.30. The molecular weight excluding hydrogens is 513 g/mol. The first-order valence-corrected chi connectivity index (χ1v) is 12.9. The number of methoxy groups -OCH3 is 1. The number of amides is 1. The van der Waals surface area contributed by atoms with Crippen molar-refractivity contribution in [2.24, 2.45) is 5.92 Å². The van der Waals surface area contributed by atoms with Crippen LogP contribution in [0.15, 0.2) is 48.8 Å². The molecule has 40 heavy (non-hydrogen) atoms. The molecule has 1 amide bonds. The van der Waals surface area contributed by atoms with Crippen LogP contribution in [0.2, 0.25) is 0 Å². The minimum Gasteiger partial charge on any atom is -0.493 e. The number of aromatic nitrogens is 4. The highest BCUT2D eigenvalue weighted by Gasteiger charge is 2.14. The molecule has 0 atom stereocenters. The number of benzene rings is 2. The molecule has 0 fully saturated rings. The van der Waals surface area contributed by atoms with Gasteiger partial charge in [-0.1, -0.05) is 26.3 Å². The van der Waals surface area contributed by atoms with Crippen LogP contribution < -0.4 is 20.1 Å². The predicted molar refractivity (Wildman–Crippen MR) is 152 cm³/mol. The fraction of sp³-hybridized carbons (Fsp3) is 0.310. The Morgan fingerprint density at radius 2 is 2.05 bits per heavy atom. The Morgan fingerprint density at radius 3 is 2.80 bits per heavy atom. The Balaban J connectivity index is 1.40. The van der Waals surface area contributed by atoms with Gasteiger partial charge in [-0.25, -0.2) is 14.4 Å². The summed E-state index contributed by atoms with van der Waals surface area (Å²) in [6.07, 6.45) is 7.84. The van der Waals surface area contributed by atoms with Crippen LogP contribution in [0, 0.1) is 24.2 Å². The van der Waals surface area contributed by atoms with Crippen LogP contribution in [-0.2, 0) is 11.2 Å². The number of anilines is 3. The molecule has 0 saturated heterocycles. The van der Waals surface area contributed by atoms with Crippen LogP contribution >= 0.6 is 0 Å². The van der Waals surface area contributed by atoms with Crippen molar-refractivity contribution >= 4 is 34.1 Å². The van der Waals surface area contributed by atoms with E-state index in [0.717, 1.165) is 19.5 Å². The summed E-state index contributed by atoms with van der Waals surface area (Å²) in [5.74, 6) is 1.84. The zero-order valence-corrected chi connectivity index (χ0v) is 22.7. The Morgan fingerprint density at radius 1 is 1.20 bits per heavy atom. The molecule has 11 heteroatoms. The van der Waals surface area contributed by atoms with Gasteiger partial charge in [-0.3, -0.25) is 9.89 Å². The standard InChI is InChI=1S/C29H32FN7O3/c1-5-37(17-19(2)3)10-7-11-40-26-16-24-23(15-25(26)39-4)29(32-18-31-24)34-27-13-22(35-36-27)14-28(38)33-21-9-6-8-20(30)12-21/h1,6,8-9,12-13,15-16,18-19H,7,10-11,14,17H2,2-4H3,(H,33,38)(H2,31,32,34,35,36). The van der Waals surface area contributed by atoms with E-state index in [9.17, 15) is 9.18 Å². The van der Waals surface area contributed by atoms with Crippen molar-refractivity contribution in [2.45, 2.75) is 26.7 Å². The number of rotatable bonds is 13. The van der Waals surface area contributed by atoms with Gasteiger partial charge in [0.25, 0.3) is 0 Å². The van der Waals surface area contributed by atoms with Gasteiger partial charge in [0.15, 0.2) is 17.3 Å². The van der Waals surface area contributed by atoms with Gasteiger partial charge in [0, 0.05) is 48.0 Å². The average Bonchev–Trinajstić information content (AvgIpc) is 3.36. The molecule has 0 aliphatic heterocycles. The number of nitrogens with zero attached hydrogens (tertiary/aromatic N) is 4. The maximum absolute atomic E-state index is 13.4. The molecule has 2 aromatic heterocycles. The summed E-state index contributed by atoms with van der Waals surface area (Å²) in [5.41, 5.74) is 1.61. The van der Waals surface area contributed by atoms with E-state index in [4.69, 9.17) is 15.9 Å². The fourth-order valence-electron chi connectivity index (χ4n) is 4.10. The van der Waals surface area contributed by atoms with Crippen LogP contribution in [-0.4, -0.2) is 57.8 Å². The van der Waals surface area contributed by atoms with Gasteiger partial charge in [0.1, 0.15) is 18.0 Å². The number of nitrogens with one attached hydrogen (secondary N) is 3. The quantitative estimate of drug-likeness (QED) is 0.125. The van der Waals surface area contributed by atoms with Crippen molar-refractivity contribution in [2.75, 3.05) is 37.4 Å². The molecule has 4 aromatic rings. The normalized spacial score (nSPS) is 10.8. The Labute approximate surface area is 232 Å². The van der Waals surface area contributed by atoms with Crippen LogP contribution in [0.5, 0.6) is 11.5 Å². The number of hydrogen-bond acceptors (Lipinski definition) is 8. The highest BCUT2D eigenvalue weighted by Crippen LogP contribution is 2.34. The zero-order chi connectivity index (χ0) is 28.5. The largest absolute Gasteiger partial charge is 0.493 e. The molecule has 0 aliphatic rings. The van der Waals surface area contributed by atoms with Crippen LogP contribution in [0.1, 0.15) is 26.0 Å². The number of aromatic amines is 1. The number of H-pyrrole nitrogens is 1. The number of halogens is 1. The molecule has 0 radical (unpaired) electrons. The molecular formula is C29H32FN7O3. The molecule has 0 spiro atoms. The highest BCUT2D eigenvalue weighted by atomic mass is 19.1. The minimum atomic E-state index is -0.424. The van der Waals surface area contributed by atoms with Gasteiger partial charge < -0.3 is 25.0 Å². The molecule has 0 saturated carbocycles. The molecule has 3 N–H and O–H groups in total.